The van der Waals surface area contributed by atoms with Gasteiger partial charge in [0.15, 0.2) is 9.84 Å². The highest BCUT2D eigenvalue weighted by atomic mass is 32.2. The Morgan fingerprint density at radius 1 is 1.29 bits per heavy atom. The second-order valence-electron chi connectivity index (χ2n) is 5.48. The van der Waals surface area contributed by atoms with Gasteiger partial charge in [0.2, 0.25) is 0 Å². The Morgan fingerprint density at radius 2 is 1.86 bits per heavy atom. The molecule has 2 N–H and O–H groups in total. The molecule has 1 fully saturated rings. The van der Waals surface area contributed by atoms with Crippen LogP contribution in [-0.4, -0.2) is 38.0 Å². The highest BCUT2D eigenvalue weighted by molar-refractivity contribution is 7.91. The zero-order valence-electron chi connectivity index (χ0n) is 12.5. The average Bonchev–Trinajstić information content (AvgIpc) is 3.07. The third-order valence-electron chi connectivity index (χ3n) is 4.02. The molecule has 0 amide bonds. The monoisotopic (exact) mass is 311 g/mol. The van der Waals surface area contributed by atoms with Crippen LogP contribution in [0.2, 0.25) is 0 Å². The van der Waals surface area contributed by atoms with E-state index in [-0.39, 0.29) is 6.61 Å². The molecule has 3 unspecified atom stereocenters. The Morgan fingerprint density at radius 3 is 2.29 bits per heavy atom. The van der Waals surface area contributed by atoms with E-state index in [0.29, 0.717) is 0 Å². The molecular formula is C15H21NO4S. The SMILES string of the molecule is CCOC(=O)C1(N)C(c2ccc(CC)cc2)C1S(C)(=O)=O. The first kappa shape index (κ1) is 16.0. The molecule has 1 aromatic rings. The Balaban J connectivity index is 2.38. The second kappa shape index (κ2) is 5.42. The van der Waals surface area contributed by atoms with Gasteiger partial charge in [-0.05, 0) is 24.5 Å². The third-order valence-corrected chi connectivity index (χ3v) is 5.60. The maximum atomic E-state index is 12.1. The number of carbonyl (C=O) groups is 1. The summed E-state index contributed by atoms with van der Waals surface area (Å²) in [5.74, 6) is -1.19. The molecule has 6 heteroatoms. The Bertz CT molecular complexity index is 638. The van der Waals surface area contributed by atoms with Crippen molar-refractivity contribution in [3.8, 4) is 0 Å². The minimum Gasteiger partial charge on any atom is -0.465 e. The molecule has 0 radical (unpaired) electrons. The van der Waals surface area contributed by atoms with E-state index in [1.54, 1.807) is 6.92 Å². The van der Waals surface area contributed by atoms with E-state index in [1.807, 2.05) is 31.2 Å². The van der Waals surface area contributed by atoms with E-state index in [0.717, 1.165) is 23.8 Å². The zero-order chi connectivity index (χ0) is 15.8. The quantitative estimate of drug-likeness (QED) is 0.820. The van der Waals surface area contributed by atoms with Crippen molar-refractivity contribution in [1.29, 1.82) is 0 Å². The molecule has 1 aliphatic carbocycles. The van der Waals surface area contributed by atoms with E-state index >= 15 is 0 Å². The van der Waals surface area contributed by atoms with Crippen molar-refractivity contribution in [2.75, 3.05) is 12.9 Å². The number of benzene rings is 1. The molecule has 5 nitrogen and oxygen atoms in total. The van der Waals surface area contributed by atoms with Gasteiger partial charge in [-0.3, -0.25) is 0 Å². The summed E-state index contributed by atoms with van der Waals surface area (Å²) in [6, 6.07) is 7.54. The molecule has 3 atom stereocenters. The van der Waals surface area contributed by atoms with Crippen LogP contribution in [0.5, 0.6) is 0 Å². The molecule has 0 bridgehead atoms. The van der Waals surface area contributed by atoms with Crippen LogP contribution in [0.25, 0.3) is 0 Å². The number of sulfone groups is 1. The minimum atomic E-state index is -3.44. The summed E-state index contributed by atoms with van der Waals surface area (Å²) >= 11 is 0. The molecule has 1 aromatic carbocycles. The summed E-state index contributed by atoms with van der Waals surface area (Å²) < 4.78 is 28.8. The molecule has 0 saturated heterocycles. The minimum absolute atomic E-state index is 0.176. The van der Waals surface area contributed by atoms with Gasteiger partial charge in [0.25, 0.3) is 0 Å². The molecule has 0 aliphatic heterocycles. The Kier molecular flexibility index (Phi) is 4.13. The molecule has 1 saturated carbocycles. The Hall–Kier alpha value is -1.40. The predicted molar refractivity (Wildman–Crippen MR) is 80.7 cm³/mol. The van der Waals surface area contributed by atoms with Gasteiger partial charge < -0.3 is 10.5 Å². The lowest BCUT2D eigenvalue weighted by atomic mass is 10.0. The molecule has 1 aliphatic rings. The van der Waals surface area contributed by atoms with Gasteiger partial charge in [0, 0.05) is 12.2 Å². The molecule has 0 aromatic heterocycles. The van der Waals surface area contributed by atoms with Crippen molar-refractivity contribution >= 4 is 15.8 Å². The number of hydrogen-bond donors (Lipinski definition) is 1. The summed E-state index contributed by atoms with van der Waals surface area (Å²) in [4.78, 5) is 12.1. The third kappa shape index (κ3) is 2.70. The van der Waals surface area contributed by atoms with Gasteiger partial charge in [-0.2, -0.15) is 0 Å². The fourth-order valence-corrected chi connectivity index (χ4v) is 4.64. The predicted octanol–water partition coefficient (Wildman–Crippen LogP) is 1.02. The highest BCUT2D eigenvalue weighted by Crippen LogP contribution is 2.54. The molecule has 116 valence electrons. The molecule has 21 heavy (non-hydrogen) atoms. The van der Waals surface area contributed by atoms with E-state index in [2.05, 4.69) is 0 Å². The largest absolute Gasteiger partial charge is 0.465 e. The van der Waals surface area contributed by atoms with Crippen molar-refractivity contribution < 1.29 is 17.9 Å². The van der Waals surface area contributed by atoms with Crippen molar-refractivity contribution in [3.05, 3.63) is 35.4 Å². The number of hydrogen-bond acceptors (Lipinski definition) is 5. The molecule has 0 heterocycles. The van der Waals surface area contributed by atoms with Gasteiger partial charge in [-0.25, -0.2) is 13.2 Å². The van der Waals surface area contributed by atoms with Gasteiger partial charge >= 0.3 is 5.97 Å². The number of carbonyl (C=O) groups excluding carboxylic acids is 1. The van der Waals surface area contributed by atoms with Gasteiger partial charge in [0.05, 0.1) is 11.9 Å². The molecule has 0 spiro atoms. The topological polar surface area (TPSA) is 86.5 Å². The molecular weight excluding hydrogens is 290 g/mol. The normalized spacial score (nSPS) is 28.2. The lowest BCUT2D eigenvalue weighted by molar-refractivity contribution is -0.145. The van der Waals surface area contributed by atoms with E-state index in [4.69, 9.17) is 10.5 Å². The first-order valence-corrected chi connectivity index (χ1v) is 8.96. The van der Waals surface area contributed by atoms with Crippen LogP contribution in [0.3, 0.4) is 0 Å². The first-order chi connectivity index (χ1) is 9.76. The summed E-state index contributed by atoms with van der Waals surface area (Å²) in [5.41, 5.74) is 6.53. The van der Waals surface area contributed by atoms with Crippen molar-refractivity contribution in [3.63, 3.8) is 0 Å². The number of nitrogens with two attached hydrogens (primary N) is 1. The fourth-order valence-electron chi connectivity index (χ4n) is 2.89. The lowest BCUT2D eigenvalue weighted by Crippen LogP contribution is -2.41. The van der Waals surface area contributed by atoms with Crippen molar-refractivity contribution in [2.24, 2.45) is 5.73 Å². The van der Waals surface area contributed by atoms with Crippen LogP contribution < -0.4 is 5.73 Å². The second-order valence-corrected chi connectivity index (χ2v) is 7.64. The first-order valence-electron chi connectivity index (χ1n) is 7.00. The highest BCUT2D eigenvalue weighted by Gasteiger charge is 2.73. The van der Waals surface area contributed by atoms with Gasteiger partial charge in [0.1, 0.15) is 5.54 Å². The van der Waals surface area contributed by atoms with Crippen LogP contribution >= 0.6 is 0 Å². The summed E-state index contributed by atoms with van der Waals surface area (Å²) in [5, 5.41) is -0.920. The Labute approximate surface area is 125 Å². The number of esters is 1. The van der Waals surface area contributed by atoms with E-state index < -0.39 is 32.5 Å². The summed E-state index contributed by atoms with van der Waals surface area (Å²) in [6.45, 7) is 3.89. The van der Waals surface area contributed by atoms with Crippen LogP contribution in [0, 0.1) is 0 Å². The van der Waals surface area contributed by atoms with Crippen LogP contribution in [0.4, 0.5) is 0 Å². The van der Waals surface area contributed by atoms with Crippen LogP contribution in [0.15, 0.2) is 24.3 Å². The van der Waals surface area contributed by atoms with Crippen molar-refractivity contribution in [1.82, 2.24) is 0 Å². The number of rotatable bonds is 5. The summed E-state index contributed by atoms with van der Waals surface area (Å²) in [6.07, 6.45) is 2.00. The molecule has 2 rings (SSSR count). The van der Waals surface area contributed by atoms with E-state index in [1.165, 1.54) is 0 Å². The maximum Gasteiger partial charge on any atom is 0.328 e. The zero-order valence-corrected chi connectivity index (χ0v) is 13.3. The number of ether oxygens (including phenoxy) is 1. The van der Waals surface area contributed by atoms with Crippen LogP contribution in [0.1, 0.15) is 30.9 Å². The van der Waals surface area contributed by atoms with Gasteiger partial charge in [-0.1, -0.05) is 31.2 Å². The van der Waals surface area contributed by atoms with Gasteiger partial charge in [-0.15, -0.1) is 0 Å². The maximum absolute atomic E-state index is 12.1. The van der Waals surface area contributed by atoms with Crippen molar-refractivity contribution in [2.45, 2.75) is 37.0 Å². The number of aryl methyl sites for hydroxylation is 1. The smallest absolute Gasteiger partial charge is 0.328 e. The average molecular weight is 311 g/mol. The van der Waals surface area contributed by atoms with E-state index in [9.17, 15) is 13.2 Å². The van der Waals surface area contributed by atoms with Crippen LogP contribution in [-0.2, 0) is 25.8 Å². The summed E-state index contributed by atoms with van der Waals surface area (Å²) in [7, 11) is -3.44. The lowest BCUT2D eigenvalue weighted by Gasteiger charge is -2.10. The standard InChI is InChI=1S/C15H21NO4S/c1-4-10-6-8-11(9-7-10)12-13(21(3,18)19)15(12,16)14(17)20-5-2/h6-9,12-13H,4-5,16H2,1-3H3. The fraction of sp³-hybridized carbons (Fsp3) is 0.533.